The zero-order valence-corrected chi connectivity index (χ0v) is 15.7. The molecule has 0 aliphatic heterocycles. The number of thiophene rings is 1. The second-order valence-electron chi connectivity index (χ2n) is 6.65. The molecule has 2 atom stereocenters. The molecule has 0 radical (unpaired) electrons. The van der Waals surface area contributed by atoms with Crippen molar-refractivity contribution in [3.8, 4) is 0 Å². The molecule has 4 rings (SSSR count). The van der Waals surface area contributed by atoms with E-state index in [9.17, 15) is 22.7 Å². The number of hydrogen-bond acceptors (Lipinski definition) is 5. The van der Waals surface area contributed by atoms with E-state index in [2.05, 4.69) is 9.71 Å². The number of H-pyrrole nitrogens is 1. The Balaban J connectivity index is 1.65. The molecule has 2 aromatic heterocycles. The van der Waals surface area contributed by atoms with Crippen molar-refractivity contribution in [2.24, 2.45) is 0 Å². The van der Waals surface area contributed by atoms with Crippen LogP contribution in [0.4, 0.5) is 10.1 Å². The highest BCUT2D eigenvalue weighted by atomic mass is 32.2. The number of aromatic amines is 1. The Morgan fingerprint density at radius 3 is 2.78 bits per heavy atom. The van der Waals surface area contributed by atoms with Crippen LogP contribution >= 0.6 is 11.3 Å². The predicted molar refractivity (Wildman–Crippen MR) is 102 cm³/mol. The molecule has 2 heterocycles. The van der Waals surface area contributed by atoms with E-state index in [-0.39, 0.29) is 27.3 Å². The third-order valence-electron chi connectivity index (χ3n) is 4.78. The molecular formula is C18H17FN2O4S2. The number of anilines is 1. The average Bonchev–Trinajstić information content (AvgIpc) is 3.25. The van der Waals surface area contributed by atoms with Crippen LogP contribution in [-0.4, -0.2) is 24.6 Å². The van der Waals surface area contributed by atoms with E-state index in [1.807, 2.05) is 0 Å². The monoisotopic (exact) mass is 408 g/mol. The zero-order chi connectivity index (χ0) is 19.2. The van der Waals surface area contributed by atoms with Crippen LogP contribution in [0, 0.1) is 5.82 Å². The third kappa shape index (κ3) is 3.50. The maximum atomic E-state index is 14.3. The first-order chi connectivity index (χ1) is 12.8. The van der Waals surface area contributed by atoms with Gasteiger partial charge in [0.05, 0.1) is 11.8 Å². The molecule has 0 amide bonds. The molecule has 0 bridgehead atoms. The number of aliphatic hydroxyl groups is 1. The Hall–Kier alpha value is -2.23. The number of benzene rings is 1. The van der Waals surface area contributed by atoms with Crippen molar-refractivity contribution in [2.75, 3.05) is 4.72 Å². The molecule has 1 saturated carbocycles. The van der Waals surface area contributed by atoms with Crippen LogP contribution < -0.4 is 10.3 Å². The van der Waals surface area contributed by atoms with Gasteiger partial charge in [0.25, 0.3) is 15.6 Å². The second kappa shape index (κ2) is 6.74. The van der Waals surface area contributed by atoms with Crippen LogP contribution in [0.5, 0.6) is 0 Å². The molecule has 142 valence electrons. The van der Waals surface area contributed by atoms with Crippen LogP contribution in [0.1, 0.15) is 30.1 Å². The predicted octanol–water partition coefficient (Wildman–Crippen LogP) is 3.16. The van der Waals surface area contributed by atoms with Gasteiger partial charge in [-0.1, -0.05) is 0 Å². The van der Waals surface area contributed by atoms with Crippen molar-refractivity contribution in [3.05, 3.63) is 57.6 Å². The highest BCUT2D eigenvalue weighted by Crippen LogP contribution is 2.39. The lowest BCUT2D eigenvalue weighted by atomic mass is 10.1. The average molecular weight is 408 g/mol. The lowest BCUT2D eigenvalue weighted by Crippen LogP contribution is -2.13. The van der Waals surface area contributed by atoms with Crippen LogP contribution in [-0.2, 0) is 10.0 Å². The number of aromatic nitrogens is 1. The molecule has 3 N–H and O–H groups in total. The summed E-state index contributed by atoms with van der Waals surface area (Å²) in [4.78, 5) is 15.3. The molecule has 1 aliphatic carbocycles. The third-order valence-corrected chi connectivity index (χ3v) is 7.88. The summed E-state index contributed by atoms with van der Waals surface area (Å²) >= 11 is 1.12. The van der Waals surface area contributed by atoms with E-state index >= 15 is 0 Å². The lowest BCUT2D eigenvalue weighted by Gasteiger charge is -2.09. The van der Waals surface area contributed by atoms with Crippen LogP contribution in [0.15, 0.2) is 45.5 Å². The number of halogens is 1. The smallest absolute Gasteiger partial charge is 0.271 e. The van der Waals surface area contributed by atoms with Gasteiger partial charge < -0.3 is 10.1 Å². The molecule has 1 fully saturated rings. The molecule has 0 saturated heterocycles. The van der Waals surface area contributed by atoms with Gasteiger partial charge in [-0.15, -0.1) is 11.3 Å². The van der Waals surface area contributed by atoms with Gasteiger partial charge in [0.1, 0.15) is 10.0 Å². The van der Waals surface area contributed by atoms with E-state index in [1.54, 1.807) is 12.1 Å². The normalized spacial score (nSPS) is 20.2. The topological polar surface area (TPSA) is 99.3 Å². The highest BCUT2D eigenvalue weighted by molar-refractivity contribution is 7.94. The SMILES string of the molecule is O=c1[nH]ccc2cc(F)c(NS(=O)(=O)c3ccc([C@H]4CC[C@H](O)C4)s3)cc12. The molecule has 6 nitrogen and oxygen atoms in total. The first-order valence-electron chi connectivity index (χ1n) is 8.45. The molecular weight excluding hydrogens is 391 g/mol. The minimum atomic E-state index is -3.99. The molecule has 1 aliphatic rings. The zero-order valence-electron chi connectivity index (χ0n) is 14.1. The van der Waals surface area contributed by atoms with Crippen molar-refractivity contribution in [1.29, 1.82) is 0 Å². The molecule has 9 heteroatoms. The number of fused-ring (bicyclic) bond motifs is 1. The van der Waals surface area contributed by atoms with E-state index < -0.39 is 21.4 Å². The van der Waals surface area contributed by atoms with Crippen LogP contribution in [0.25, 0.3) is 10.8 Å². The number of rotatable bonds is 4. The second-order valence-corrected chi connectivity index (χ2v) is 9.68. The van der Waals surface area contributed by atoms with Gasteiger partial charge in [-0.2, -0.15) is 0 Å². The summed E-state index contributed by atoms with van der Waals surface area (Å²) in [5, 5.41) is 10.3. The van der Waals surface area contributed by atoms with Gasteiger partial charge in [0, 0.05) is 16.5 Å². The van der Waals surface area contributed by atoms with Gasteiger partial charge in [-0.05, 0) is 60.9 Å². The van der Waals surface area contributed by atoms with Gasteiger partial charge in [0.15, 0.2) is 0 Å². The lowest BCUT2D eigenvalue weighted by molar-refractivity contribution is 0.181. The van der Waals surface area contributed by atoms with E-state index in [0.29, 0.717) is 18.2 Å². The van der Waals surface area contributed by atoms with E-state index in [0.717, 1.165) is 28.7 Å². The Labute approximate surface area is 158 Å². The maximum absolute atomic E-state index is 14.3. The minimum Gasteiger partial charge on any atom is -0.393 e. The number of sulfonamides is 1. The summed E-state index contributed by atoms with van der Waals surface area (Å²) in [7, 11) is -3.99. The van der Waals surface area contributed by atoms with Crippen molar-refractivity contribution < 1.29 is 17.9 Å². The fourth-order valence-corrected chi connectivity index (χ4v) is 5.93. The summed E-state index contributed by atoms with van der Waals surface area (Å²) in [6, 6.07) is 7.09. The van der Waals surface area contributed by atoms with Gasteiger partial charge in [-0.25, -0.2) is 12.8 Å². The van der Waals surface area contributed by atoms with Crippen molar-refractivity contribution in [2.45, 2.75) is 35.5 Å². The molecule has 1 aromatic carbocycles. The number of nitrogens with one attached hydrogen (secondary N) is 2. The van der Waals surface area contributed by atoms with E-state index in [4.69, 9.17) is 0 Å². The standard InChI is InChI=1S/C18H17FN2O4S2/c19-14-8-10-5-6-20-18(23)13(10)9-15(14)21-27(24,25)17-4-3-16(26-17)11-1-2-12(22)7-11/h3-6,8-9,11-12,21-22H,1-2,7H2,(H,20,23)/t11-,12-/m0/s1. The summed E-state index contributed by atoms with van der Waals surface area (Å²) in [5.41, 5.74) is -0.698. The largest absolute Gasteiger partial charge is 0.393 e. The van der Waals surface area contributed by atoms with Gasteiger partial charge >= 0.3 is 0 Å². The van der Waals surface area contributed by atoms with Gasteiger partial charge in [0.2, 0.25) is 0 Å². The maximum Gasteiger partial charge on any atom is 0.271 e. The number of pyridine rings is 1. The molecule has 0 spiro atoms. The fraction of sp³-hybridized carbons (Fsp3) is 0.278. The first-order valence-corrected chi connectivity index (χ1v) is 10.7. The first kappa shape index (κ1) is 18.1. The summed E-state index contributed by atoms with van der Waals surface area (Å²) in [6.45, 7) is 0. The Morgan fingerprint density at radius 1 is 1.22 bits per heavy atom. The van der Waals surface area contributed by atoms with Gasteiger partial charge in [-0.3, -0.25) is 9.52 Å². The Morgan fingerprint density at radius 2 is 2.04 bits per heavy atom. The number of hydrogen-bond donors (Lipinski definition) is 3. The quantitative estimate of drug-likeness (QED) is 0.617. The summed E-state index contributed by atoms with van der Waals surface area (Å²) in [6.07, 6.45) is 3.20. The number of aliphatic hydroxyl groups excluding tert-OH is 1. The minimum absolute atomic E-state index is 0.0698. The molecule has 3 aromatic rings. The van der Waals surface area contributed by atoms with Crippen LogP contribution in [0.2, 0.25) is 0 Å². The fourth-order valence-electron chi connectivity index (χ4n) is 3.40. The Kier molecular flexibility index (Phi) is 4.53. The van der Waals surface area contributed by atoms with Crippen molar-refractivity contribution in [3.63, 3.8) is 0 Å². The summed E-state index contributed by atoms with van der Waals surface area (Å²) < 4.78 is 42.0. The summed E-state index contributed by atoms with van der Waals surface area (Å²) in [5.74, 6) is -0.614. The van der Waals surface area contributed by atoms with E-state index in [1.165, 1.54) is 18.3 Å². The Bertz CT molecular complexity index is 1170. The van der Waals surface area contributed by atoms with Crippen LogP contribution in [0.3, 0.4) is 0 Å². The van der Waals surface area contributed by atoms with Crippen molar-refractivity contribution >= 4 is 37.8 Å². The van der Waals surface area contributed by atoms with Crippen molar-refractivity contribution in [1.82, 2.24) is 4.98 Å². The highest BCUT2D eigenvalue weighted by Gasteiger charge is 2.27. The molecule has 27 heavy (non-hydrogen) atoms. The molecule has 0 unspecified atom stereocenters.